The van der Waals surface area contributed by atoms with E-state index in [2.05, 4.69) is 20.9 Å². The number of aliphatic imine (C=N–C) groups is 1. The molecule has 0 N–H and O–H groups in total. The third-order valence-corrected chi connectivity index (χ3v) is 1.71. The second-order valence-electron chi connectivity index (χ2n) is 1.74. The van der Waals surface area contributed by atoms with Crippen LogP contribution in [0.5, 0.6) is 0 Å². The maximum Gasteiger partial charge on any atom is 0.184 e. The molecule has 1 rings (SSSR count). The van der Waals surface area contributed by atoms with Gasteiger partial charge >= 0.3 is 0 Å². The summed E-state index contributed by atoms with van der Waals surface area (Å²) in [7, 11) is 1.66. The number of hydrogen-bond donors (Lipinski definition) is 0. The van der Waals surface area contributed by atoms with Crippen LogP contribution in [0.15, 0.2) is 4.99 Å². The van der Waals surface area contributed by atoms with Crippen LogP contribution >= 0.6 is 15.9 Å². The van der Waals surface area contributed by atoms with Gasteiger partial charge in [0.1, 0.15) is 0 Å². The summed E-state index contributed by atoms with van der Waals surface area (Å²) in [5, 5.41) is 0. The van der Waals surface area contributed by atoms with Crippen molar-refractivity contribution in [2.75, 3.05) is 13.7 Å². The first-order valence-electron chi connectivity index (χ1n) is 2.54. The molecule has 1 heterocycles. The molecule has 0 saturated carbocycles. The highest BCUT2D eigenvalue weighted by Crippen LogP contribution is 2.13. The largest absolute Gasteiger partial charge is 0.484 e. The SMILES string of the molecule is COC1=NCC(Br)C1. The van der Waals surface area contributed by atoms with E-state index in [9.17, 15) is 0 Å². The third-order valence-electron chi connectivity index (χ3n) is 1.10. The standard InChI is InChI=1S/C5H8BrNO/c1-8-5-2-4(6)3-7-5/h4H,2-3H2,1H3. The summed E-state index contributed by atoms with van der Waals surface area (Å²) in [6, 6.07) is 0. The number of halogens is 1. The van der Waals surface area contributed by atoms with Crippen LogP contribution in [0, 0.1) is 0 Å². The molecule has 0 saturated heterocycles. The summed E-state index contributed by atoms with van der Waals surface area (Å²) in [6.07, 6.45) is 0.941. The molecule has 8 heavy (non-hydrogen) atoms. The molecule has 1 atom stereocenters. The van der Waals surface area contributed by atoms with E-state index >= 15 is 0 Å². The normalized spacial score (nSPS) is 27.8. The molecule has 0 spiro atoms. The number of methoxy groups -OCH3 is 1. The van der Waals surface area contributed by atoms with Crippen LogP contribution in [-0.2, 0) is 4.74 Å². The van der Waals surface area contributed by atoms with Crippen LogP contribution in [0.25, 0.3) is 0 Å². The molecule has 0 aromatic rings. The Morgan fingerprint density at radius 1 is 1.88 bits per heavy atom. The Bertz CT molecular complexity index is 113. The molecule has 0 aromatic heterocycles. The fourth-order valence-corrected chi connectivity index (χ4v) is 1.09. The minimum absolute atomic E-state index is 0.512. The number of nitrogens with zero attached hydrogens (tertiary/aromatic N) is 1. The van der Waals surface area contributed by atoms with Crippen molar-refractivity contribution in [2.24, 2.45) is 4.99 Å². The molecule has 0 amide bonds. The molecule has 1 unspecified atom stereocenters. The van der Waals surface area contributed by atoms with Gasteiger partial charge in [0.25, 0.3) is 0 Å². The summed E-state index contributed by atoms with van der Waals surface area (Å²) in [4.78, 5) is 4.59. The van der Waals surface area contributed by atoms with Gasteiger partial charge in [-0.1, -0.05) is 15.9 Å². The van der Waals surface area contributed by atoms with Crippen molar-refractivity contribution in [1.29, 1.82) is 0 Å². The summed E-state index contributed by atoms with van der Waals surface area (Å²) in [5.41, 5.74) is 0. The van der Waals surface area contributed by atoms with Crippen LogP contribution in [0.4, 0.5) is 0 Å². The van der Waals surface area contributed by atoms with Gasteiger partial charge in [-0.15, -0.1) is 0 Å². The monoisotopic (exact) mass is 177 g/mol. The average Bonchev–Trinajstić information content (AvgIpc) is 2.14. The van der Waals surface area contributed by atoms with Gasteiger partial charge < -0.3 is 4.74 Å². The molecular weight excluding hydrogens is 170 g/mol. The number of alkyl halides is 1. The summed E-state index contributed by atoms with van der Waals surface area (Å²) >= 11 is 3.42. The highest BCUT2D eigenvalue weighted by molar-refractivity contribution is 9.09. The number of rotatable bonds is 0. The maximum absolute atomic E-state index is 4.90. The molecule has 0 fully saturated rings. The lowest BCUT2D eigenvalue weighted by Gasteiger charge is -1.95. The van der Waals surface area contributed by atoms with Crippen LogP contribution in [-0.4, -0.2) is 24.4 Å². The molecule has 1 aliphatic heterocycles. The number of ether oxygens (including phenoxy) is 1. The Labute approximate surface area is 57.1 Å². The smallest absolute Gasteiger partial charge is 0.184 e. The highest BCUT2D eigenvalue weighted by atomic mass is 79.9. The van der Waals surface area contributed by atoms with E-state index in [1.165, 1.54) is 0 Å². The molecule has 0 aromatic carbocycles. The lowest BCUT2D eigenvalue weighted by molar-refractivity contribution is 0.395. The second kappa shape index (κ2) is 2.49. The van der Waals surface area contributed by atoms with Crippen molar-refractivity contribution in [1.82, 2.24) is 0 Å². The van der Waals surface area contributed by atoms with E-state index < -0.39 is 0 Å². The lowest BCUT2D eigenvalue weighted by atomic mass is 10.4. The molecular formula is C5H8BrNO. The zero-order valence-corrected chi connectivity index (χ0v) is 6.31. The van der Waals surface area contributed by atoms with Gasteiger partial charge in [0.15, 0.2) is 5.90 Å². The van der Waals surface area contributed by atoms with Crippen molar-refractivity contribution in [3.05, 3.63) is 0 Å². The Morgan fingerprint density at radius 3 is 2.88 bits per heavy atom. The van der Waals surface area contributed by atoms with Gasteiger partial charge in [-0.3, -0.25) is 4.99 Å². The van der Waals surface area contributed by atoms with E-state index in [0.29, 0.717) is 4.83 Å². The fraction of sp³-hybridized carbons (Fsp3) is 0.800. The highest BCUT2D eigenvalue weighted by Gasteiger charge is 2.14. The molecule has 2 nitrogen and oxygen atoms in total. The van der Waals surface area contributed by atoms with Gasteiger partial charge in [-0.2, -0.15) is 0 Å². The minimum atomic E-state index is 0.512. The van der Waals surface area contributed by atoms with E-state index in [0.717, 1.165) is 18.9 Å². The zero-order valence-electron chi connectivity index (χ0n) is 4.72. The van der Waals surface area contributed by atoms with E-state index in [1.54, 1.807) is 7.11 Å². The van der Waals surface area contributed by atoms with Gasteiger partial charge in [0.05, 0.1) is 13.7 Å². The summed E-state index contributed by atoms with van der Waals surface area (Å²) in [5.74, 6) is 0.867. The van der Waals surface area contributed by atoms with Gasteiger partial charge in [-0.25, -0.2) is 0 Å². The van der Waals surface area contributed by atoms with Gasteiger partial charge in [0.2, 0.25) is 0 Å². The topological polar surface area (TPSA) is 21.6 Å². The van der Waals surface area contributed by atoms with Crippen LogP contribution < -0.4 is 0 Å². The van der Waals surface area contributed by atoms with E-state index in [-0.39, 0.29) is 0 Å². The van der Waals surface area contributed by atoms with E-state index in [1.807, 2.05) is 0 Å². The maximum atomic E-state index is 4.90. The number of hydrogen-bond acceptors (Lipinski definition) is 2. The van der Waals surface area contributed by atoms with Crippen LogP contribution in [0.3, 0.4) is 0 Å². The predicted molar refractivity (Wildman–Crippen MR) is 36.6 cm³/mol. The Balaban J connectivity index is 2.37. The summed E-state index contributed by atoms with van der Waals surface area (Å²) < 4.78 is 4.90. The van der Waals surface area contributed by atoms with Crippen LogP contribution in [0.1, 0.15) is 6.42 Å². The van der Waals surface area contributed by atoms with Crippen molar-refractivity contribution in [2.45, 2.75) is 11.2 Å². The van der Waals surface area contributed by atoms with Crippen molar-refractivity contribution < 1.29 is 4.74 Å². The summed E-state index contributed by atoms with van der Waals surface area (Å²) in [6.45, 7) is 0.864. The van der Waals surface area contributed by atoms with Crippen LogP contribution in [0.2, 0.25) is 0 Å². The first kappa shape index (κ1) is 6.08. The molecule has 0 radical (unpaired) electrons. The molecule has 1 aliphatic rings. The van der Waals surface area contributed by atoms with E-state index in [4.69, 9.17) is 4.74 Å². The fourth-order valence-electron chi connectivity index (χ4n) is 0.667. The molecule has 46 valence electrons. The lowest BCUT2D eigenvalue weighted by Crippen LogP contribution is -2.00. The molecule has 3 heteroatoms. The first-order valence-corrected chi connectivity index (χ1v) is 3.46. The van der Waals surface area contributed by atoms with Crippen molar-refractivity contribution >= 4 is 21.8 Å². The third kappa shape index (κ3) is 1.22. The zero-order chi connectivity index (χ0) is 5.98. The second-order valence-corrected chi connectivity index (χ2v) is 3.03. The van der Waals surface area contributed by atoms with Crippen molar-refractivity contribution in [3.8, 4) is 0 Å². The predicted octanol–water partition coefficient (Wildman–Crippen LogP) is 1.20. The Morgan fingerprint density at radius 2 is 2.62 bits per heavy atom. The molecule has 0 aliphatic carbocycles. The van der Waals surface area contributed by atoms with Gasteiger partial charge in [0, 0.05) is 11.2 Å². The van der Waals surface area contributed by atoms with Crippen molar-refractivity contribution in [3.63, 3.8) is 0 Å². The molecule has 0 bridgehead atoms. The Hall–Kier alpha value is -0.0500. The minimum Gasteiger partial charge on any atom is -0.484 e. The Kier molecular flexibility index (Phi) is 1.89. The van der Waals surface area contributed by atoms with Gasteiger partial charge in [-0.05, 0) is 0 Å². The average molecular weight is 178 g/mol. The quantitative estimate of drug-likeness (QED) is 0.510. The first-order chi connectivity index (χ1) is 3.83.